The first-order valence-corrected chi connectivity index (χ1v) is 6.98. The topological polar surface area (TPSA) is 68.9 Å². The van der Waals surface area contributed by atoms with Gasteiger partial charge in [-0.15, -0.1) is 0 Å². The molecule has 2 aliphatic heterocycles. The maximum absolute atomic E-state index is 13.2. The minimum Gasteiger partial charge on any atom is -0.491 e. The van der Waals surface area contributed by atoms with Crippen molar-refractivity contribution >= 4 is 17.4 Å². The van der Waals surface area contributed by atoms with Crippen LogP contribution in [-0.4, -0.2) is 12.6 Å². The van der Waals surface area contributed by atoms with Crippen molar-refractivity contribution in [2.24, 2.45) is 4.99 Å². The molecule has 1 atom stereocenters. The molecular weight excluding hydrogens is 285 g/mol. The van der Waals surface area contributed by atoms with Crippen LogP contribution in [0.1, 0.15) is 17.2 Å². The highest BCUT2D eigenvalue weighted by Gasteiger charge is 2.27. The molecule has 2 aliphatic rings. The standard InChI is InChI=1S/C16H14FN3O2/c17-10-1-3-12-14(8-21-15(12)6-10)20-16-19-13-4-2-11(18)5-9(13)7-22-16/h1-6,14H,7-8,18H2,(H,19,20). The third-order valence-corrected chi connectivity index (χ3v) is 3.74. The molecule has 6 heteroatoms. The van der Waals surface area contributed by atoms with Crippen molar-refractivity contribution in [3.05, 3.63) is 53.3 Å². The first-order chi connectivity index (χ1) is 10.7. The molecule has 2 aromatic rings. The zero-order valence-electron chi connectivity index (χ0n) is 11.7. The number of ether oxygens (including phenoxy) is 2. The highest BCUT2D eigenvalue weighted by Crippen LogP contribution is 2.33. The lowest BCUT2D eigenvalue weighted by Gasteiger charge is -2.20. The Kier molecular flexibility index (Phi) is 2.89. The lowest BCUT2D eigenvalue weighted by atomic mass is 10.1. The number of hydrogen-bond donors (Lipinski definition) is 2. The lowest BCUT2D eigenvalue weighted by molar-refractivity contribution is 0.256. The van der Waals surface area contributed by atoms with Gasteiger partial charge in [0.25, 0.3) is 6.02 Å². The monoisotopic (exact) mass is 299 g/mol. The SMILES string of the molecule is Nc1ccc2c(c1)COC(NC1COc3cc(F)ccc31)=N2. The number of anilines is 1. The second-order valence-corrected chi connectivity index (χ2v) is 5.28. The minimum absolute atomic E-state index is 0.107. The van der Waals surface area contributed by atoms with Gasteiger partial charge in [-0.3, -0.25) is 0 Å². The molecule has 2 aromatic carbocycles. The van der Waals surface area contributed by atoms with E-state index in [0.29, 0.717) is 30.7 Å². The van der Waals surface area contributed by atoms with Crippen molar-refractivity contribution in [2.75, 3.05) is 12.3 Å². The number of nitrogens with zero attached hydrogens (tertiary/aromatic N) is 1. The summed E-state index contributed by atoms with van der Waals surface area (Å²) in [5.41, 5.74) is 9.12. The van der Waals surface area contributed by atoms with Gasteiger partial charge in [-0.2, -0.15) is 4.99 Å². The van der Waals surface area contributed by atoms with Gasteiger partial charge in [0.05, 0.1) is 11.7 Å². The number of halogens is 1. The Morgan fingerprint density at radius 2 is 2.09 bits per heavy atom. The normalized spacial score (nSPS) is 18.6. The zero-order valence-corrected chi connectivity index (χ0v) is 11.7. The molecule has 0 fully saturated rings. The summed E-state index contributed by atoms with van der Waals surface area (Å²) in [7, 11) is 0. The predicted molar refractivity (Wildman–Crippen MR) is 80.5 cm³/mol. The summed E-state index contributed by atoms with van der Waals surface area (Å²) in [5, 5.41) is 3.20. The molecule has 4 rings (SSSR count). The lowest BCUT2D eigenvalue weighted by Crippen LogP contribution is -2.32. The fourth-order valence-corrected chi connectivity index (χ4v) is 2.64. The van der Waals surface area contributed by atoms with E-state index in [0.717, 1.165) is 16.8 Å². The van der Waals surface area contributed by atoms with Crippen LogP contribution in [0.3, 0.4) is 0 Å². The van der Waals surface area contributed by atoms with E-state index in [9.17, 15) is 4.39 Å². The van der Waals surface area contributed by atoms with Gasteiger partial charge in [0.2, 0.25) is 0 Å². The number of nitrogen functional groups attached to an aromatic ring is 1. The van der Waals surface area contributed by atoms with Gasteiger partial charge in [0.15, 0.2) is 0 Å². The van der Waals surface area contributed by atoms with Crippen LogP contribution in [0.4, 0.5) is 15.8 Å². The van der Waals surface area contributed by atoms with Crippen LogP contribution in [0.25, 0.3) is 0 Å². The largest absolute Gasteiger partial charge is 0.491 e. The van der Waals surface area contributed by atoms with Crippen molar-refractivity contribution < 1.29 is 13.9 Å². The molecule has 22 heavy (non-hydrogen) atoms. The van der Waals surface area contributed by atoms with E-state index in [1.165, 1.54) is 12.1 Å². The quantitative estimate of drug-likeness (QED) is 0.794. The van der Waals surface area contributed by atoms with Crippen molar-refractivity contribution in [1.82, 2.24) is 5.32 Å². The summed E-state index contributed by atoms with van der Waals surface area (Å²) in [5.74, 6) is 0.249. The molecule has 0 bridgehead atoms. The van der Waals surface area contributed by atoms with Crippen LogP contribution in [0, 0.1) is 5.82 Å². The second kappa shape index (κ2) is 4.91. The number of hydrogen-bond acceptors (Lipinski definition) is 5. The van der Waals surface area contributed by atoms with Crippen LogP contribution in [-0.2, 0) is 11.3 Å². The number of benzene rings is 2. The van der Waals surface area contributed by atoms with E-state index in [4.69, 9.17) is 15.2 Å². The fraction of sp³-hybridized carbons (Fsp3) is 0.188. The summed E-state index contributed by atoms with van der Waals surface area (Å²) in [4.78, 5) is 4.44. The molecule has 5 nitrogen and oxygen atoms in total. The van der Waals surface area contributed by atoms with Crippen molar-refractivity contribution in [1.29, 1.82) is 0 Å². The Bertz CT molecular complexity index is 776. The Morgan fingerprint density at radius 1 is 1.18 bits per heavy atom. The van der Waals surface area contributed by atoms with Crippen LogP contribution in [0.5, 0.6) is 5.75 Å². The molecule has 112 valence electrons. The molecule has 2 heterocycles. The highest BCUT2D eigenvalue weighted by atomic mass is 19.1. The minimum atomic E-state index is -0.308. The summed E-state index contributed by atoms with van der Waals surface area (Å²) in [6.45, 7) is 0.825. The smallest absolute Gasteiger partial charge is 0.290 e. The van der Waals surface area contributed by atoms with Gasteiger partial charge < -0.3 is 20.5 Å². The van der Waals surface area contributed by atoms with Gasteiger partial charge >= 0.3 is 0 Å². The average Bonchev–Trinajstić information content (AvgIpc) is 2.89. The molecule has 0 amide bonds. The molecule has 1 unspecified atom stereocenters. The molecule has 0 aromatic heterocycles. The van der Waals surface area contributed by atoms with Crippen molar-refractivity contribution in [2.45, 2.75) is 12.6 Å². The highest BCUT2D eigenvalue weighted by molar-refractivity contribution is 5.80. The van der Waals surface area contributed by atoms with Gasteiger partial charge in [0, 0.05) is 22.9 Å². The Morgan fingerprint density at radius 3 is 3.00 bits per heavy atom. The Balaban J connectivity index is 1.57. The zero-order chi connectivity index (χ0) is 15.1. The fourth-order valence-electron chi connectivity index (χ4n) is 2.64. The number of rotatable bonds is 1. The van der Waals surface area contributed by atoms with Gasteiger partial charge in [0.1, 0.15) is 24.8 Å². The summed E-state index contributed by atoms with van der Waals surface area (Å²) >= 11 is 0. The number of aliphatic imine (C=N–C) groups is 1. The number of fused-ring (bicyclic) bond motifs is 2. The van der Waals surface area contributed by atoms with Crippen molar-refractivity contribution in [3.8, 4) is 5.75 Å². The summed E-state index contributed by atoms with van der Waals surface area (Å²) < 4.78 is 24.3. The Hall–Kier alpha value is -2.76. The summed E-state index contributed by atoms with van der Waals surface area (Å²) in [6.07, 6.45) is 0. The van der Waals surface area contributed by atoms with E-state index in [2.05, 4.69) is 10.3 Å². The number of amidine groups is 1. The van der Waals surface area contributed by atoms with E-state index in [1.807, 2.05) is 18.2 Å². The van der Waals surface area contributed by atoms with Crippen LogP contribution < -0.4 is 15.8 Å². The van der Waals surface area contributed by atoms with Crippen LogP contribution >= 0.6 is 0 Å². The number of nitrogens with two attached hydrogens (primary N) is 1. The second-order valence-electron chi connectivity index (χ2n) is 5.28. The van der Waals surface area contributed by atoms with E-state index >= 15 is 0 Å². The van der Waals surface area contributed by atoms with Crippen molar-refractivity contribution in [3.63, 3.8) is 0 Å². The van der Waals surface area contributed by atoms with Gasteiger partial charge in [-0.05, 0) is 24.3 Å². The molecule has 0 radical (unpaired) electrons. The van der Waals surface area contributed by atoms with Gasteiger partial charge in [-0.25, -0.2) is 4.39 Å². The summed E-state index contributed by atoms with van der Waals surface area (Å²) in [6, 6.07) is 10.4. The molecule has 0 aliphatic carbocycles. The molecule has 0 spiro atoms. The van der Waals surface area contributed by atoms with Crippen LogP contribution in [0.15, 0.2) is 41.4 Å². The van der Waals surface area contributed by atoms with E-state index in [1.54, 1.807) is 6.07 Å². The predicted octanol–water partition coefficient (Wildman–Crippen LogP) is 2.65. The average molecular weight is 299 g/mol. The van der Waals surface area contributed by atoms with Crippen LogP contribution in [0.2, 0.25) is 0 Å². The van der Waals surface area contributed by atoms with E-state index < -0.39 is 0 Å². The first-order valence-electron chi connectivity index (χ1n) is 6.98. The molecular formula is C16H14FN3O2. The first kappa shape index (κ1) is 12.9. The Labute approximate surface area is 126 Å². The van der Waals surface area contributed by atoms with E-state index in [-0.39, 0.29) is 11.9 Å². The third-order valence-electron chi connectivity index (χ3n) is 3.74. The maximum atomic E-state index is 13.2. The number of nitrogens with one attached hydrogen (secondary N) is 1. The molecule has 3 N–H and O–H groups in total. The maximum Gasteiger partial charge on any atom is 0.290 e. The molecule has 0 saturated carbocycles. The van der Waals surface area contributed by atoms with Gasteiger partial charge in [-0.1, -0.05) is 6.07 Å². The molecule has 0 saturated heterocycles. The third kappa shape index (κ3) is 2.22.